The summed E-state index contributed by atoms with van der Waals surface area (Å²) in [7, 11) is 0. The van der Waals surface area contributed by atoms with Crippen molar-refractivity contribution in [2.24, 2.45) is 11.3 Å². The smallest absolute Gasteiger partial charge is 0.354 e. The molecule has 20 heavy (non-hydrogen) atoms. The number of pyridine rings is 1. The topological polar surface area (TPSA) is 79.3 Å². The molecule has 0 aliphatic heterocycles. The van der Waals surface area contributed by atoms with Gasteiger partial charge >= 0.3 is 5.97 Å². The van der Waals surface area contributed by atoms with E-state index in [0.29, 0.717) is 5.69 Å². The minimum atomic E-state index is -1.07. The van der Waals surface area contributed by atoms with E-state index in [1.165, 1.54) is 18.7 Å². The number of carboxylic acids is 1. The van der Waals surface area contributed by atoms with Crippen molar-refractivity contribution in [1.29, 1.82) is 0 Å². The molecule has 2 N–H and O–H groups in total. The largest absolute Gasteiger partial charge is 0.477 e. The van der Waals surface area contributed by atoms with Gasteiger partial charge in [-0.2, -0.15) is 0 Å². The van der Waals surface area contributed by atoms with E-state index >= 15 is 0 Å². The molecule has 0 radical (unpaired) electrons. The molecular formula is C15H20N2O3. The summed E-state index contributed by atoms with van der Waals surface area (Å²) in [4.78, 5) is 26.9. The molecule has 1 amide bonds. The molecule has 1 aromatic heterocycles. The molecule has 108 valence electrons. The summed E-state index contributed by atoms with van der Waals surface area (Å²) < 4.78 is 0. The maximum Gasteiger partial charge on any atom is 0.354 e. The Balaban J connectivity index is 2.05. The number of amides is 1. The summed E-state index contributed by atoms with van der Waals surface area (Å²) in [6.07, 6.45) is 5.60. The predicted molar refractivity (Wildman–Crippen MR) is 75.6 cm³/mol. The number of nitrogens with zero attached hydrogens (tertiary/aromatic N) is 1. The number of anilines is 1. The zero-order chi connectivity index (χ0) is 14.8. The highest BCUT2D eigenvalue weighted by molar-refractivity contribution is 5.93. The molecule has 5 nitrogen and oxygen atoms in total. The van der Waals surface area contributed by atoms with Gasteiger partial charge in [0.05, 0.1) is 11.9 Å². The summed E-state index contributed by atoms with van der Waals surface area (Å²) in [6.45, 7) is 4.25. The van der Waals surface area contributed by atoms with Gasteiger partial charge in [-0.05, 0) is 30.4 Å². The zero-order valence-corrected chi connectivity index (χ0v) is 11.8. The molecule has 1 aromatic rings. The van der Waals surface area contributed by atoms with E-state index in [2.05, 4.69) is 24.1 Å². The van der Waals surface area contributed by atoms with Crippen molar-refractivity contribution >= 4 is 17.6 Å². The van der Waals surface area contributed by atoms with Crippen LogP contribution in [0.1, 0.15) is 50.0 Å². The first kappa shape index (κ1) is 14.5. The minimum absolute atomic E-state index is 0.000394. The number of nitrogens with one attached hydrogen (secondary N) is 1. The Bertz CT molecular complexity index is 508. The van der Waals surface area contributed by atoms with Crippen LogP contribution in [-0.2, 0) is 4.79 Å². The molecule has 1 fully saturated rings. The van der Waals surface area contributed by atoms with Gasteiger partial charge in [-0.15, -0.1) is 0 Å². The number of carboxylic acid groups (broad SMARTS) is 1. The average Bonchev–Trinajstić information content (AvgIpc) is 2.38. The zero-order valence-electron chi connectivity index (χ0n) is 11.8. The molecule has 0 aromatic carbocycles. The van der Waals surface area contributed by atoms with Gasteiger partial charge in [0.15, 0.2) is 0 Å². The van der Waals surface area contributed by atoms with Crippen LogP contribution in [0.3, 0.4) is 0 Å². The molecule has 0 spiro atoms. The highest BCUT2D eigenvalue weighted by Crippen LogP contribution is 2.40. The lowest BCUT2D eigenvalue weighted by Gasteiger charge is -2.37. The van der Waals surface area contributed by atoms with Crippen LogP contribution >= 0.6 is 0 Å². The lowest BCUT2D eigenvalue weighted by molar-refractivity contribution is -0.124. The number of hydrogen-bond acceptors (Lipinski definition) is 3. The highest BCUT2D eigenvalue weighted by atomic mass is 16.4. The Labute approximate surface area is 118 Å². The number of rotatable bonds is 3. The summed E-state index contributed by atoms with van der Waals surface area (Å²) in [5, 5.41) is 11.6. The van der Waals surface area contributed by atoms with Crippen LogP contribution in [0.15, 0.2) is 18.3 Å². The summed E-state index contributed by atoms with van der Waals surface area (Å²) >= 11 is 0. The number of carbonyl (C=O) groups is 2. The lowest BCUT2D eigenvalue weighted by atomic mass is 9.68. The van der Waals surface area contributed by atoms with Crippen LogP contribution in [0.5, 0.6) is 0 Å². The summed E-state index contributed by atoms with van der Waals surface area (Å²) in [5.41, 5.74) is 0.527. The second kappa shape index (κ2) is 5.61. The van der Waals surface area contributed by atoms with E-state index in [-0.39, 0.29) is 22.9 Å². The first-order valence-electron chi connectivity index (χ1n) is 6.90. The van der Waals surface area contributed by atoms with Gasteiger partial charge in [-0.1, -0.05) is 26.7 Å². The van der Waals surface area contributed by atoms with E-state index in [1.807, 2.05) is 0 Å². The van der Waals surface area contributed by atoms with Crippen molar-refractivity contribution in [1.82, 2.24) is 4.98 Å². The molecule has 0 saturated heterocycles. The number of aromatic nitrogens is 1. The van der Waals surface area contributed by atoms with E-state index in [4.69, 9.17) is 5.11 Å². The molecule has 1 unspecified atom stereocenters. The molecule has 0 bridgehead atoms. The standard InChI is InChI=1S/C15H20N2O3/c1-15(2)8-4-3-5-11(15)13(18)17-10-6-7-12(14(19)20)16-9-10/h6-7,9,11H,3-5,8H2,1-2H3,(H,17,18)(H,19,20). The molecule has 5 heteroatoms. The van der Waals surface area contributed by atoms with E-state index < -0.39 is 5.97 Å². The SMILES string of the molecule is CC1(C)CCCCC1C(=O)Nc1ccc(C(=O)O)nc1. The van der Waals surface area contributed by atoms with Gasteiger partial charge < -0.3 is 10.4 Å². The average molecular weight is 276 g/mol. The van der Waals surface area contributed by atoms with Gasteiger partial charge in [0.2, 0.25) is 5.91 Å². The quantitative estimate of drug-likeness (QED) is 0.889. The van der Waals surface area contributed by atoms with Crippen molar-refractivity contribution in [3.05, 3.63) is 24.0 Å². The Morgan fingerprint density at radius 2 is 2.10 bits per heavy atom. The number of hydrogen-bond donors (Lipinski definition) is 2. The predicted octanol–water partition coefficient (Wildman–Crippen LogP) is 2.93. The van der Waals surface area contributed by atoms with Crippen LogP contribution in [0.25, 0.3) is 0 Å². The highest BCUT2D eigenvalue weighted by Gasteiger charge is 2.37. The Kier molecular flexibility index (Phi) is 4.06. The normalized spacial score (nSPS) is 21.2. The first-order valence-corrected chi connectivity index (χ1v) is 6.90. The molecule has 2 rings (SSSR count). The maximum absolute atomic E-state index is 12.3. The van der Waals surface area contributed by atoms with Crippen molar-refractivity contribution in [2.75, 3.05) is 5.32 Å². The van der Waals surface area contributed by atoms with Crippen LogP contribution in [0.4, 0.5) is 5.69 Å². The van der Waals surface area contributed by atoms with Gasteiger partial charge in [-0.3, -0.25) is 4.79 Å². The third kappa shape index (κ3) is 3.15. The third-order valence-corrected chi connectivity index (χ3v) is 4.07. The first-order chi connectivity index (χ1) is 9.40. The Morgan fingerprint density at radius 3 is 2.65 bits per heavy atom. The minimum Gasteiger partial charge on any atom is -0.477 e. The third-order valence-electron chi connectivity index (χ3n) is 4.07. The van der Waals surface area contributed by atoms with Gasteiger partial charge in [0.25, 0.3) is 0 Å². The second-order valence-electron chi connectivity index (χ2n) is 6.01. The van der Waals surface area contributed by atoms with Crippen LogP contribution in [0.2, 0.25) is 0 Å². The van der Waals surface area contributed by atoms with E-state index in [9.17, 15) is 9.59 Å². The van der Waals surface area contributed by atoms with Crippen molar-refractivity contribution < 1.29 is 14.7 Å². The fraction of sp³-hybridized carbons (Fsp3) is 0.533. The second-order valence-corrected chi connectivity index (χ2v) is 6.01. The van der Waals surface area contributed by atoms with Gasteiger partial charge in [0, 0.05) is 5.92 Å². The van der Waals surface area contributed by atoms with Crippen molar-refractivity contribution in [2.45, 2.75) is 39.5 Å². The fourth-order valence-corrected chi connectivity index (χ4v) is 2.80. The summed E-state index contributed by atoms with van der Waals surface area (Å²) in [5.74, 6) is -1.08. The molecular weight excluding hydrogens is 256 g/mol. The number of aromatic carboxylic acids is 1. The molecule has 1 aliphatic rings. The van der Waals surface area contributed by atoms with Crippen molar-refractivity contribution in [3.8, 4) is 0 Å². The number of carbonyl (C=O) groups excluding carboxylic acids is 1. The molecule has 1 saturated carbocycles. The summed E-state index contributed by atoms with van der Waals surface area (Å²) in [6, 6.07) is 2.97. The maximum atomic E-state index is 12.3. The van der Waals surface area contributed by atoms with Crippen LogP contribution in [0, 0.1) is 11.3 Å². The Morgan fingerprint density at radius 1 is 1.35 bits per heavy atom. The lowest BCUT2D eigenvalue weighted by Crippen LogP contribution is -2.37. The van der Waals surface area contributed by atoms with Crippen LogP contribution < -0.4 is 5.32 Å². The monoisotopic (exact) mass is 276 g/mol. The molecule has 1 heterocycles. The van der Waals surface area contributed by atoms with Crippen molar-refractivity contribution in [3.63, 3.8) is 0 Å². The fourth-order valence-electron chi connectivity index (χ4n) is 2.80. The van der Waals surface area contributed by atoms with Crippen LogP contribution in [-0.4, -0.2) is 22.0 Å². The van der Waals surface area contributed by atoms with E-state index in [0.717, 1.165) is 19.3 Å². The molecule has 1 aliphatic carbocycles. The van der Waals surface area contributed by atoms with Gasteiger partial charge in [0.1, 0.15) is 5.69 Å². The molecule has 1 atom stereocenters. The Hall–Kier alpha value is -1.91. The van der Waals surface area contributed by atoms with Gasteiger partial charge in [-0.25, -0.2) is 9.78 Å². The van der Waals surface area contributed by atoms with E-state index in [1.54, 1.807) is 6.07 Å².